The maximum Gasteiger partial charge on any atom is 0.161 e. The van der Waals surface area contributed by atoms with E-state index in [0.717, 1.165) is 18.0 Å². The van der Waals surface area contributed by atoms with Crippen LogP contribution in [-0.4, -0.2) is 29.0 Å². The van der Waals surface area contributed by atoms with Crippen LogP contribution in [0.5, 0.6) is 11.5 Å². The highest BCUT2D eigenvalue weighted by Gasteiger charge is 2.21. The standard InChI is InChI=1S/C17H23N3O2/c1-12(2)20-10-14(8-19-20)13(3)18-9-15-11-21-16-6-4-5-7-17(16)22-15/h4-8,10,12-13,15,18H,9,11H2,1-3H3/t13-,15-/m1/s1. The van der Waals surface area contributed by atoms with Gasteiger partial charge >= 0.3 is 0 Å². The lowest BCUT2D eigenvalue weighted by molar-refractivity contribution is 0.0886. The van der Waals surface area contributed by atoms with E-state index in [4.69, 9.17) is 9.47 Å². The minimum absolute atomic E-state index is 0.0255. The average molecular weight is 301 g/mol. The molecule has 5 nitrogen and oxygen atoms in total. The maximum absolute atomic E-state index is 5.95. The Labute approximate surface area is 131 Å². The summed E-state index contributed by atoms with van der Waals surface area (Å²) in [5, 5.41) is 7.88. The van der Waals surface area contributed by atoms with E-state index in [1.807, 2.05) is 35.1 Å². The molecule has 0 spiro atoms. The molecular formula is C17H23N3O2. The van der Waals surface area contributed by atoms with Crippen molar-refractivity contribution in [2.45, 2.75) is 39.0 Å². The topological polar surface area (TPSA) is 48.3 Å². The van der Waals surface area contributed by atoms with Crippen LogP contribution in [-0.2, 0) is 0 Å². The third-order valence-corrected chi connectivity index (χ3v) is 3.87. The van der Waals surface area contributed by atoms with E-state index in [2.05, 4.69) is 37.4 Å². The Morgan fingerprint density at radius 2 is 2.05 bits per heavy atom. The molecule has 1 aliphatic rings. The highest BCUT2D eigenvalue weighted by Crippen LogP contribution is 2.30. The molecule has 0 fully saturated rings. The molecule has 0 unspecified atom stereocenters. The predicted octanol–water partition coefficient (Wildman–Crippen LogP) is 2.95. The van der Waals surface area contributed by atoms with Crippen LogP contribution >= 0.6 is 0 Å². The van der Waals surface area contributed by atoms with Gasteiger partial charge in [-0.3, -0.25) is 4.68 Å². The SMILES string of the molecule is CC(C)n1cc([C@@H](C)NC[C@@H]2COc3ccccc3O2)cn1. The summed E-state index contributed by atoms with van der Waals surface area (Å²) in [5.41, 5.74) is 1.19. The van der Waals surface area contributed by atoms with Crippen molar-refractivity contribution in [2.24, 2.45) is 0 Å². The van der Waals surface area contributed by atoms with Crippen molar-refractivity contribution in [3.05, 3.63) is 42.2 Å². The van der Waals surface area contributed by atoms with Gasteiger partial charge in [0, 0.05) is 30.4 Å². The molecule has 3 rings (SSSR count). The van der Waals surface area contributed by atoms with Crippen molar-refractivity contribution in [2.75, 3.05) is 13.2 Å². The molecule has 5 heteroatoms. The molecule has 0 aliphatic carbocycles. The number of benzene rings is 1. The first-order chi connectivity index (χ1) is 10.6. The second-order valence-electron chi connectivity index (χ2n) is 5.97. The molecular weight excluding hydrogens is 278 g/mol. The van der Waals surface area contributed by atoms with Crippen LogP contribution in [0.2, 0.25) is 0 Å². The van der Waals surface area contributed by atoms with E-state index in [9.17, 15) is 0 Å². The Morgan fingerprint density at radius 3 is 2.77 bits per heavy atom. The Balaban J connectivity index is 1.54. The third kappa shape index (κ3) is 3.25. The van der Waals surface area contributed by atoms with Crippen LogP contribution in [0.4, 0.5) is 0 Å². The fourth-order valence-corrected chi connectivity index (χ4v) is 2.45. The lowest BCUT2D eigenvalue weighted by Crippen LogP contribution is -2.39. The average Bonchev–Trinajstić information content (AvgIpc) is 3.03. The summed E-state index contributed by atoms with van der Waals surface area (Å²) in [6, 6.07) is 8.40. The van der Waals surface area contributed by atoms with Gasteiger partial charge in [-0.2, -0.15) is 5.10 Å². The van der Waals surface area contributed by atoms with E-state index < -0.39 is 0 Å². The zero-order valence-corrected chi connectivity index (χ0v) is 13.3. The number of nitrogens with one attached hydrogen (secondary N) is 1. The van der Waals surface area contributed by atoms with Crippen molar-refractivity contribution in [1.82, 2.24) is 15.1 Å². The second kappa shape index (κ2) is 6.40. The van der Waals surface area contributed by atoms with E-state index >= 15 is 0 Å². The van der Waals surface area contributed by atoms with Crippen LogP contribution in [0.15, 0.2) is 36.7 Å². The first kappa shape index (κ1) is 14.9. The molecule has 2 heterocycles. The van der Waals surface area contributed by atoms with Crippen molar-refractivity contribution in [1.29, 1.82) is 0 Å². The first-order valence-electron chi connectivity index (χ1n) is 7.79. The third-order valence-electron chi connectivity index (χ3n) is 3.87. The Hall–Kier alpha value is -2.01. The summed E-state index contributed by atoms with van der Waals surface area (Å²) >= 11 is 0. The molecule has 0 saturated carbocycles. The lowest BCUT2D eigenvalue weighted by atomic mass is 10.2. The summed E-state index contributed by atoms with van der Waals surface area (Å²) < 4.78 is 13.7. The number of aromatic nitrogens is 2. The Morgan fingerprint density at radius 1 is 1.27 bits per heavy atom. The molecule has 0 radical (unpaired) electrons. The number of para-hydroxylation sites is 2. The van der Waals surface area contributed by atoms with Gasteiger partial charge in [0.15, 0.2) is 11.5 Å². The monoisotopic (exact) mass is 301 g/mol. The van der Waals surface area contributed by atoms with E-state index in [1.165, 1.54) is 5.56 Å². The minimum Gasteiger partial charge on any atom is -0.486 e. The van der Waals surface area contributed by atoms with Crippen LogP contribution in [0.3, 0.4) is 0 Å². The van der Waals surface area contributed by atoms with E-state index in [0.29, 0.717) is 12.6 Å². The van der Waals surface area contributed by atoms with Crippen molar-refractivity contribution in [3.8, 4) is 11.5 Å². The van der Waals surface area contributed by atoms with Crippen LogP contribution < -0.4 is 14.8 Å². The van der Waals surface area contributed by atoms with Gasteiger partial charge in [-0.15, -0.1) is 0 Å². The Kier molecular flexibility index (Phi) is 4.34. The van der Waals surface area contributed by atoms with E-state index in [-0.39, 0.29) is 12.1 Å². The van der Waals surface area contributed by atoms with Gasteiger partial charge in [-0.05, 0) is 32.9 Å². The largest absolute Gasteiger partial charge is 0.486 e. The van der Waals surface area contributed by atoms with Gasteiger partial charge in [0.2, 0.25) is 0 Å². The fraction of sp³-hybridized carbons (Fsp3) is 0.471. The Bertz CT molecular complexity index is 624. The van der Waals surface area contributed by atoms with Crippen molar-refractivity contribution < 1.29 is 9.47 Å². The van der Waals surface area contributed by atoms with Crippen LogP contribution in [0.1, 0.15) is 38.4 Å². The maximum atomic E-state index is 5.95. The second-order valence-corrected chi connectivity index (χ2v) is 5.97. The van der Waals surface area contributed by atoms with Crippen molar-refractivity contribution >= 4 is 0 Å². The fourth-order valence-electron chi connectivity index (χ4n) is 2.45. The summed E-state index contributed by atoms with van der Waals surface area (Å²) in [7, 11) is 0. The minimum atomic E-state index is 0.0255. The summed E-state index contributed by atoms with van der Waals surface area (Å²) in [4.78, 5) is 0. The predicted molar refractivity (Wildman–Crippen MR) is 85.4 cm³/mol. The molecule has 0 bridgehead atoms. The number of hydrogen-bond donors (Lipinski definition) is 1. The van der Waals surface area contributed by atoms with Gasteiger partial charge in [-0.25, -0.2) is 0 Å². The van der Waals surface area contributed by atoms with Gasteiger partial charge < -0.3 is 14.8 Å². The molecule has 1 N–H and O–H groups in total. The summed E-state index contributed by atoms with van der Waals surface area (Å²) in [6.07, 6.45) is 4.04. The smallest absolute Gasteiger partial charge is 0.161 e. The number of hydrogen-bond acceptors (Lipinski definition) is 4. The molecule has 1 aromatic heterocycles. The van der Waals surface area contributed by atoms with Gasteiger partial charge in [0.05, 0.1) is 6.20 Å². The number of ether oxygens (including phenoxy) is 2. The quantitative estimate of drug-likeness (QED) is 0.922. The number of rotatable bonds is 5. The molecule has 2 aromatic rings. The zero-order valence-electron chi connectivity index (χ0n) is 13.3. The molecule has 2 atom stereocenters. The van der Waals surface area contributed by atoms with E-state index in [1.54, 1.807) is 0 Å². The zero-order chi connectivity index (χ0) is 15.5. The van der Waals surface area contributed by atoms with Gasteiger partial charge in [0.25, 0.3) is 0 Å². The summed E-state index contributed by atoms with van der Waals surface area (Å²) in [5.74, 6) is 1.64. The molecule has 118 valence electrons. The van der Waals surface area contributed by atoms with Gasteiger partial charge in [0.1, 0.15) is 12.7 Å². The normalized spacial score (nSPS) is 18.5. The molecule has 0 amide bonds. The lowest BCUT2D eigenvalue weighted by Gasteiger charge is -2.27. The van der Waals surface area contributed by atoms with Gasteiger partial charge in [-0.1, -0.05) is 12.1 Å². The van der Waals surface area contributed by atoms with Crippen LogP contribution in [0, 0.1) is 0 Å². The molecule has 1 aromatic carbocycles. The highest BCUT2D eigenvalue weighted by molar-refractivity contribution is 5.40. The molecule has 22 heavy (non-hydrogen) atoms. The highest BCUT2D eigenvalue weighted by atomic mass is 16.6. The number of fused-ring (bicyclic) bond motifs is 1. The number of nitrogens with zero attached hydrogens (tertiary/aromatic N) is 2. The molecule has 1 aliphatic heterocycles. The molecule has 0 saturated heterocycles. The van der Waals surface area contributed by atoms with Crippen LogP contribution in [0.25, 0.3) is 0 Å². The van der Waals surface area contributed by atoms with Crippen molar-refractivity contribution in [3.63, 3.8) is 0 Å². The summed E-state index contributed by atoms with van der Waals surface area (Å²) in [6.45, 7) is 7.70. The first-order valence-corrected chi connectivity index (χ1v) is 7.79.